The monoisotopic (exact) mass is 182 g/mol. The molecule has 2 aliphatic rings. The van der Waals surface area contributed by atoms with Crippen LogP contribution in [0.15, 0.2) is 12.2 Å². The van der Waals surface area contributed by atoms with E-state index in [4.69, 9.17) is 9.84 Å². The molecular formula is C10H14O3. The van der Waals surface area contributed by atoms with Crippen LogP contribution < -0.4 is 0 Å². The Hall–Kier alpha value is -0.830. The van der Waals surface area contributed by atoms with Gasteiger partial charge in [0.1, 0.15) is 0 Å². The largest absolute Gasteiger partial charge is 0.469 e. The Morgan fingerprint density at radius 2 is 2.23 bits per heavy atom. The minimum absolute atomic E-state index is 0.0856. The van der Waals surface area contributed by atoms with Crippen molar-refractivity contribution in [3.8, 4) is 0 Å². The average Bonchev–Trinajstić information content (AvgIpc) is 2.74. The van der Waals surface area contributed by atoms with E-state index in [9.17, 15) is 4.79 Å². The smallest absolute Gasteiger partial charge is 0.309 e. The van der Waals surface area contributed by atoms with Gasteiger partial charge in [0.2, 0.25) is 0 Å². The fourth-order valence-corrected chi connectivity index (χ4v) is 2.66. The second-order valence-electron chi connectivity index (χ2n) is 3.84. The molecule has 4 atom stereocenters. The third-order valence-electron chi connectivity index (χ3n) is 3.31. The van der Waals surface area contributed by atoms with Gasteiger partial charge in [-0.1, -0.05) is 12.2 Å². The highest BCUT2D eigenvalue weighted by molar-refractivity contribution is 5.74. The molecule has 0 aromatic rings. The molecule has 13 heavy (non-hydrogen) atoms. The Morgan fingerprint density at radius 1 is 1.54 bits per heavy atom. The first-order valence-corrected chi connectivity index (χ1v) is 4.65. The summed E-state index contributed by atoms with van der Waals surface area (Å²) in [5, 5.41) is 9.16. The zero-order chi connectivity index (χ0) is 9.42. The fourth-order valence-electron chi connectivity index (χ4n) is 2.66. The molecule has 0 aromatic carbocycles. The number of hydrogen-bond acceptors (Lipinski definition) is 3. The van der Waals surface area contributed by atoms with Crippen molar-refractivity contribution in [1.82, 2.24) is 0 Å². The molecule has 72 valence electrons. The van der Waals surface area contributed by atoms with Crippen LogP contribution >= 0.6 is 0 Å². The molecule has 2 aliphatic carbocycles. The molecule has 4 unspecified atom stereocenters. The summed E-state index contributed by atoms with van der Waals surface area (Å²) in [5.41, 5.74) is 0. The maximum atomic E-state index is 11.4. The van der Waals surface area contributed by atoms with Gasteiger partial charge in [-0.25, -0.2) is 0 Å². The number of aliphatic hydroxyl groups excluding tert-OH is 1. The van der Waals surface area contributed by atoms with E-state index in [0.29, 0.717) is 11.8 Å². The van der Waals surface area contributed by atoms with Gasteiger partial charge in [0, 0.05) is 12.5 Å². The van der Waals surface area contributed by atoms with Gasteiger partial charge in [0.25, 0.3) is 0 Å². The Kier molecular flexibility index (Phi) is 2.12. The van der Waals surface area contributed by atoms with E-state index >= 15 is 0 Å². The molecule has 0 aliphatic heterocycles. The summed E-state index contributed by atoms with van der Waals surface area (Å²) in [6.07, 6.45) is 5.20. The zero-order valence-electron chi connectivity index (χ0n) is 7.64. The Labute approximate surface area is 77.4 Å². The second kappa shape index (κ2) is 3.14. The van der Waals surface area contributed by atoms with Crippen molar-refractivity contribution in [1.29, 1.82) is 0 Å². The number of carbonyl (C=O) groups excluding carboxylic acids is 1. The lowest BCUT2D eigenvalue weighted by Crippen LogP contribution is -2.30. The number of esters is 1. The molecule has 0 amide bonds. The predicted molar refractivity (Wildman–Crippen MR) is 46.8 cm³/mol. The van der Waals surface area contributed by atoms with Crippen LogP contribution in [0.1, 0.15) is 6.42 Å². The first-order valence-electron chi connectivity index (χ1n) is 4.65. The predicted octanol–water partition coefficient (Wildman–Crippen LogP) is 0.590. The summed E-state index contributed by atoms with van der Waals surface area (Å²) in [7, 11) is 1.41. The molecule has 3 nitrogen and oxygen atoms in total. The van der Waals surface area contributed by atoms with E-state index in [1.54, 1.807) is 0 Å². The van der Waals surface area contributed by atoms with Crippen LogP contribution in [0.4, 0.5) is 0 Å². The Bertz CT molecular complexity index is 247. The minimum atomic E-state index is -0.170. The van der Waals surface area contributed by atoms with Crippen molar-refractivity contribution < 1.29 is 14.6 Å². The van der Waals surface area contributed by atoms with Crippen LogP contribution in [0, 0.1) is 23.7 Å². The van der Waals surface area contributed by atoms with Crippen LogP contribution in [0.25, 0.3) is 0 Å². The summed E-state index contributed by atoms with van der Waals surface area (Å²) in [6.45, 7) is 0.0886. The number of aliphatic hydroxyl groups is 1. The van der Waals surface area contributed by atoms with Gasteiger partial charge in [0.15, 0.2) is 0 Å². The molecule has 0 saturated heterocycles. The lowest BCUT2D eigenvalue weighted by atomic mass is 9.84. The van der Waals surface area contributed by atoms with Crippen molar-refractivity contribution in [2.24, 2.45) is 23.7 Å². The van der Waals surface area contributed by atoms with Gasteiger partial charge >= 0.3 is 5.97 Å². The lowest BCUT2D eigenvalue weighted by molar-refractivity contribution is -0.148. The molecule has 3 heteroatoms. The van der Waals surface area contributed by atoms with Crippen LogP contribution in [-0.4, -0.2) is 24.8 Å². The molecule has 2 bridgehead atoms. The van der Waals surface area contributed by atoms with Crippen LogP contribution in [0.3, 0.4) is 0 Å². The molecule has 1 N–H and O–H groups in total. The van der Waals surface area contributed by atoms with Gasteiger partial charge in [0.05, 0.1) is 13.0 Å². The molecule has 0 spiro atoms. The number of hydrogen-bond donors (Lipinski definition) is 1. The van der Waals surface area contributed by atoms with Crippen LogP contribution in [0.5, 0.6) is 0 Å². The van der Waals surface area contributed by atoms with Crippen LogP contribution in [-0.2, 0) is 9.53 Å². The van der Waals surface area contributed by atoms with Crippen molar-refractivity contribution in [3.05, 3.63) is 12.2 Å². The molecule has 0 aromatic heterocycles. The van der Waals surface area contributed by atoms with Crippen molar-refractivity contribution in [2.75, 3.05) is 13.7 Å². The average molecular weight is 182 g/mol. The van der Waals surface area contributed by atoms with Gasteiger partial charge in [-0.05, 0) is 18.3 Å². The Balaban J connectivity index is 2.18. The molecule has 0 radical (unpaired) electrons. The number of carbonyl (C=O) groups is 1. The maximum Gasteiger partial charge on any atom is 0.309 e. The first kappa shape index (κ1) is 8.75. The summed E-state index contributed by atoms with van der Waals surface area (Å²) < 4.78 is 4.73. The van der Waals surface area contributed by atoms with Gasteiger partial charge < -0.3 is 9.84 Å². The molecule has 0 heterocycles. The third kappa shape index (κ3) is 1.18. The highest BCUT2D eigenvalue weighted by Crippen LogP contribution is 2.48. The number of allylic oxidation sites excluding steroid dienone is 2. The molecule has 1 saturated carbocycles. The minimum Gasteiger partial charge on any atom is -0.469 e. The summed E-state index contributed by atoms with van der Waals surface area (Å²) >= 11 is 0. The number of rotatable bonds is 2. The Morgan fingerprint density at radius 3 is 2.85 bits per heavy atom. The zero-order valence-corrected chi connectivity index (χ0v) is 7.64. The van der Waals surface area contributed by atoms with E-state index in [0.717, 1.165) is 6.42 Å². The maximum absolute atomic E-state index is 11.4. The molecular weight excluding hydrogens is 168 g/mol. The summed E-state index contributed by atoms with van der Waals surface area (Å²) in [6, 6.07) is 0. The van der Waals surface area contributed by atoms with Crippen molar-refractivity contribution >= 4 is 5.97 Å². The normalized spacial score (nSPS) is 41.1. The number of methoxy groups -OCH3 is 1. The SMILES string of the molecule is COC(=O)C1C2C=CC(C2)C1CO. The topological polar surface area (TPSA) is 46.5 Å². The molecule has 2 rings (SSSR count). The number of ether oxygens (including phenoxy) is 1. The lowest BCUT2D eigenvalue weighted by Gasteiger charge is -2.23. The second-order valence-corrected chi connectivity index (χ2v) is 3.84. The van der Waals surface area contributed by atoms with Gasteiger partial charge in [-0.2, -0.15) is 0 Å². The summed E-state index contributed by atoms with van der Waals surface area (Å²) in [4.78, 5) is 11.4. The van der Waals surface area contributed by atoms with E-state index in [1.165, 1.54) is 7.11 Å². The van der Waals surface area contributed by atoms with E-state index in [2.05, 4.69) is 12.2 Å². The van der Waals surface area contributed by atoms with E-state index < -0.39 is 0 Å². The third-order valence-corrected chi connectivity index (χ3v) is 3.31. The molecule has 1 fully saturated rings. The quantitative estimate of drug-likeness (QED) is 0.502. The first-order chi connectivity index (χ1) is 6.27. The van der Waals surface area contributed by atoms with Crippen LogP contribution in [0.2, 0.25) is 0 Å². The van der Waals surface area contributed by atoms with E-state index in [1.807, 2.05) is 0 Å². The highest BCUT2D eigenvalue weighted by Gasteiger charge is 2.48. The van der Waals surface area contributed by atoms with Gasteiger partial charge in [-0.3, -0.25) is 4.79 Å². The summed E-state index contributed by atoms with van der Waals surface area (Å²) in [5.74, 6) is 0.497. The van der Waals surface area contributed by atoms with Crippen molar-refractivity contribution in [2.45, 2.75) is 6.42 Å². The van der Waals surface area contributed by atoms with E-state index in [-0.39, 0.29) is 24.4 Å². The number of fused-ring (bicyclic) bond motifs is 2. The fraction of sp³-hybridized carbons (Fsp3) is 0.700. The van der Waals surface area contributed by atoms with Gasteiger partial charge in [-0.15, -0.1) is 0 Å². The highest BCUT2D eigenvalue weighted by atomic mass is 16.5. The standard InChI is InChI=1S/C10H14O3/c1-13-10(12)9-7-3-2-6(4-7)8(9)5-11/h2-3,6-9,11H,4-5H2,1H3. The van der Waals surface area contributed by atoms with Crippen molar-refractivity contribution in [3.63, 3.8) is 0 Å².